The van der Waals surface area contributed by atoms with E-state index in [1.807, 2.05) is 13.0 Å². The van der Waals surface area contributed by atoms with Crippen molar-refractivity contribution in [2.75, 3.05) is 26.2 Å². The van der Waals surface area contributed by atoms with Crippen molar-refractivity contribution in [2.24, 2.45) is 10.9 Å². The van der Waals surface area contributed by atoms with Crippen LogP contribution in [-0.4, -0.2) is 48.0 Å². The maximum Gasteiger partial charge on any atom is 0.309 e. The summed E-state index contributed by atoms with van der Waals surface area (Å²) >= 11 is 1.73. The van der Waals surface area contributed by atoms with Gasteiger partial charge in [-0.25, -0.2) is 4.99 Å². The van der Waals surface area contributed by atoms with Gasteiger partial charge in [0.15, 0.2) is 5.96 Å². The Kier molecular flexibility index (Phi) is 8.40. The zero-order valence-electron chi connectivity index (χ0n) is 17.7. The van der Waals surface area contributed by atoms with Gasteiger partial charge in [-0.3, -0.25) is 14.9 Å². The summed E-state index contributed by atoms with van der Waals surface area (Å²) in [7, 11) is 0. The number of carbonyl (C=O) groups is 1. The highest BCUT2D eigenvalue weighted by atomic mass is 32.1. The average Bonchev–Trinajstić information content (AvgIpc) is 3.30. The van der Waals surface area contributed by atoms with Gasteiger partial charge in [-0.15, -0.1) is 11.3 Å². The van der Waals surface area contributed by atoms with Gasteiger partial charge in [0.2, 0.25) is 0 Å². The molecule has 0 saturated carbocycles. The summed E-state index contributed by atoms with van der Waals surface area (Å²) in [5.41, 5.74) is 0.979. The van der Waals surface area contributed by atoms with Gasteiger partial charge >= 0.3 is 5.97 Å². The minimum absolute atomic E-state index is 0.0572. The van der Waals surface area contributed by atoms with E-state index in [0.29, 0.717) is 13.2 Å². The molecule has 1 fully saturated rings. The van der Waals surface area contributed by atoms with Crippen LogP contribution in [0.1, 0.15) is 30.2 Å². The molecule has 1 saturated heterocycles. The smallest absolute Gasteiger partial charge is 0.309 e. The molecule has 2 aromatic rings. The summed E-state index contributed by atoms with van der Waals surface area (Å²) in [6.45, 7) is 4.89. The minimum atomic E-state index is -0.404. The Bertz CT molecular complexity index is 875. The molecule has 0 bridgehead atoms. The normalized spacial score (nSPS) is 15.0. The first-order valence-corrected chi connectivity index (χ1v) is 11.4. The number of benzene rings is 1. The molecule has 2 heterocycles. The number of nitrogens with one attached hydrogen (secondary N) is 1. The van der Waals surface area contributed by atoms with Crippen molar-refractivity contribution in [3.05, 3.63) is 62.3 Å². The number of rotatable bonds is 8. The minimum Gasteiger partial charge on any atom is -0.466 e. The van der Waals surface area contributed by atoms with Crippen LogP contribution in [0.15, 0.2) is 46.8 Å². The number of nitro groups is 1. The van der Waals surface area contributed by atoms with Crippen LogP contribution in [0.4, 0.5) is 5.69 Å². The van der Waals surface area contributed by atoms with Crippen molar-refractivity contribution in [3.8, 4) is 0 Å². The Morgan fingerprint density at radius 3 is 2.65 bits per heavy atom. The zero-order chi connectivity index (χ0) is 22.1. The Morgan fingerprint density at radius 1 is 1.29 bits per heavy atom. The van der Waals surface area contributed by atoms with Gasteiger partial charge in [-0.05, 0) is 43.2 Å². The molecule has 1 aliphatic heterocycles. The van der Waals surface area contributed by atoms with Gasteiger partial charge in [0.05, 0.1) is 24.0 Å². The lowest BCUT2D eigenvalue weighted by molar-refractivity contribution is -0.384. The Morgan fingerprint density at radius 2 is 2.03 bits per heavy atom. The van der Waals surface area contributed by atoms with E-state index in [2.05, 4.69) is 21.7 Å². The zero-order valence-corrected chi connectivity index (χ0v) is 18.5. The number of nitro benzene ring substituents is 1. The topological polar surface area (TPSA) is 97.1 Å². The molecule has 9 heteroatoms. The third-order valence-corrected chi connectivity index (χ3v) is 6.14. The van der Waals surface area contributed by atoms with E-state index in [1.165, 1.54) is 17.0 Å². The molecular weight excluding hydrogens is 416 g/mol. The fraction of sp³-hybridized carbons (Fsp3) is 0.455. The molecule has 1 N–H and O–H groups in total. The number of guanidine groups is 1. The molecule has 0 aliphatic carbocycles. The maximum absolute atomic E-state index is 12.0. The first-order chi connectivity index (χ1) is 15.1. The molecule has 1 aromatic carbocycles. The summed E-state index contributed by atoms with van der Waals surface area (Å²) in [6.07, 6.45) is 2.39. The molecule has 0 atom stereocenters. The third-order valence-electron chi connectivity index (χ3n) is 5.21. The molecule has 0 unspecified atom stereocenters. The van der Waals surface area contributed by atoms with Gasteiger partial charge in [0, 0.05) is 36.6 Å². The Balaban J connectivity index is 1.63. The van der Waals surface area contributed by atoms with Gasteiger partial charge in [-0.1, -0.05) is 18.2 Å². The first kappa shape index (κ1) is 22.7. The van der Waals surface area contributed by atoms with E-state index < -0.39 is 4.92 Å². The predicted molar refractivity (Wildman–Crippen MR) is 121 cm³/mol. The molecule has 31 heavy (non-hydrogen) atoms. The van der Waals surface area contributed by atoms with Crippen LogP contribution in [0.5, 0.6) is 0 Å². The van der Waals surface area contributed by atoms with Crippen LogP contribution in [0.2, 0.25) is 0 Å². The fourth-order valence-electron chi connectivity index (χ4n) is 3.50. The Labute approximate surface area is 186 Å². The van der Waals surface area contributed by atoms with Gasteiger partial charge in [0.25, 0.3) is 5.69 Å². The van der Waals surface area contributed by atoms with Crippen molar-refractivity contribution >= 4 is 29.0 Å². The SMILES string of the molecule is CCOC(=O)C1CCN(C(=NCc2ccc([N+](=O)[O-])cc2)NCCc2cccs2)CC1. The highest BCUT2D eigenvalue weighted by Crippen LogP contribution is 2.19. The molecule has 166 valence electrons. The molecule has 0 radical (unpaired) electrons. The van der Waals surface area contributed by atoms with Gasteiger partial charge in [0.1, 0.15) is 0 Å². The van der Waals surface area contributed by atoms with Crippen molar-refractivity contribution in [2.45, 2.75) is 32.7 Å². The Hall–Kier alpha value is -2.94. The van der Waals surface area contributed by atoms with E-state index in [4.69, 9.17) is 9.73 Å². The van der Waals surface area contributed by atoms with E-state index in [1.54, 1.807) is 23.5 Å². The maximum atomic E-state index is 12.0. The van der Waals surface area contributed by atoms with Crippen LogP contribution in [0.25, 0.3) is 0 Å². The van der Waals surface area contributed by atoms with Gasteiger partial charge < -0.3 is 15.0 Å². The summed E-state index contributed by atoms with van der Waals surface area (Å²) in [4.78, 5) is 30.7. The summed E-state index contributed by atoms with van der Waals surface area (Å²) < 4.78 is 5.16. The lowest BCUT2D eigenvalue weighted by Crippen LogP contribution is -2.47. The molecule has 3 rings (SSSR count). The quantitative estimate of drug-likeness (QED) is 0.220. The third kappa shape index (κ3) is 6.78. The molecule has 0 amide bonds. The number of piperidine rings is 1. The second kappa shape index (κ2) is 11.5. The fourth-order valence-corrected chi connectivity index (χ4v) is 4.21. The lowest BCUT2D eigenvalue weighted by Gasteiger charge is -2.33. The van der Waals surface area contributed by atoms with Crippen LogP contribution >= 0.6 is 11.3 Å². The van der Waals surface area contributed by atoms with Crippen LogP contribution in [0, 0.1) is 16.0 Å². The highest BCUT2D eigenvalue weighted by Gasteiger charge is 2.27. The van der Waals surface area contributed by atoms with Crippen LogP contribution < -0.4 is 5.32 Å². The number of likely N-dealkylation sites (tertiary alicyclic amines) is 1. The molecular formula is C22H28N4O4S. The van der Waals surface area contributed by atoms with E-state index in [9.17, 15) is 14.9 Å². The average molecular weight is 445 g/mol. The summed E-state index contributed by atoms with van der Waals surface area (Å²) in [6, 6.07) is 10.6. The number of esters is 1. The van der Waals surface area contributed by atoms with E-state index in [0.717, 1.165) is 50.4 Å². The first-order valence-electron chi connectivity index (χ1n) is 10.5. The number of hydrogen-bond acceptors (Lipinski definition) is 6. The number of carbonyl (C=O) groups excluding carboxylic acids is 1. The number of hydrogen-bond donors (Lipinski definition) is 1. The standard InChI is InChI=1S/C22H28N4O4S/c1-2-30-21(27)18-10-13-25(14-11-18)22(23-12-9-20-4-3-15-31-20)24-16-17-5-7-19(8-6-17)26(28)29/h3-8,15,18H,2,9-14,16H2,1H3,(H,23,24). The number of thiophene rings is 1. The summed E-state index contributed by atoms with van der Waals surface area (Å²) in [5.74, 6) is 0.632. The molecule has 0 spiro atoms. The predicted octanol–water partition coefficient (Wildman–Crippen LogP) is 3.62. The van der Waals surface area contributed by atoms with Crippen LogP contribution in [0.3, 0.4) is 0 Å². The number of aliphatic imine (C=N–C) groups is 1. The largest absolute Gasteiger partial charge is 0.466 e. The highest BCUT2D eigenvalue weighted by molar-refractivity contribution is 7.09. The van der Waals surface area contributed by atoms with E-state index >= 15 is 0 Å². The molecule has 1 aliphatic rings. The van der Waals surface area contributed by atoms with Crippen LogP contribution in [-0.2, 0) is 22.5 Å². The van der Waals surface area contributed by atoms with Crippen molar-refractivity contribution < 1.29 is 14.5 Å². The number of ether oxygens (including phenoxy) is 1. The number of nitrogens with zero attached hydrogens (tertiary/aromatic N) is 3. The summed E-state index contributed by atoms with van der Waals surface area (Å²) in [5, 5.41) is 16.4. The lowest BCUT2D eigenvalue weighted by atomic mass is 9.97. The molecule has 8 nitrogen and oxygen atoms in total. The second-order valence-electron chi connectivity index (χ2n) is 7.33. The van der Waals surface area contributed by atoms with Gasteiger partial charge in [-0.2, -0.15) is 0 Å². The van der Waals surface area contributed by atoms with E-state index in [-0.39, 0.29) is 17.6 Å². The second-order valence-corrected chi connectivity index (χ2v) is 8.37. The number of non-ortho nitro benzene ring substituents is 1. The van der Waals surface area contributed by atoms with Crippen molar-refractivity contribution in [1.82, 2.24) is 10.2 Å². The van der Waals surface area contributed by atoms with Crippen molar-refractivity contribution in [1.29, 1.82) is 0 Å². The molecule has 1 aromatic heterocycles. The monoisotopic (exact) mass is 444 g/mol. The van der Waals surface area contributed by atoms with Crippen molar-refractivity contribution in [3.63, 3.8) is 0 Å².